The van der Waals surface area contributed by atoms with Crippen LogP contribution in [-0.2, 0) is 11.2 Å². The normalized spacial score (nSPS) is 25.5. The summed E-state index contributed by atoms with van der Waals surface area (Å²) < 4.78 is 0. The highest BCUT2D eigenvalue weighted by atomic mass is 35.5. The number of likely N-dealkylation sites (tertiary alicyclic amines) is 1. The number of nitrogens with one attached hydrogen (secondary N) is 1. The van der Waals surface area contributed by atoms with Crippen molar-refractivity contribution in [3.05, 3.63) is 33.8 Å². The van der Waals surface area contributed by atoms with Gasteiger partial charge in [0, 0.05) is 18.6 Å². The second-order valence-electron chi connectivity index (χ2n) is 5.92. The van der Waals surface area contributed by atoms with E-state index >= 15 is 0 Å². The molecule has 1 N–H and O–H groups in total. The molecule has 1 aromatic rings. The number of amides is 1. The summed E-state index contributed by atoms with van der Waals surface area (Å²) in [5.74, 6) is 0.199. The molecule has 2 fully saturated rings. The van der Waals surface area contributed by atoms with Gasteiger partial charge in [-0.1, -0.05) is 29.3 Å². The Hall–Kier alpha value is -0.770. The van der Waals surface area contributed by atoms with Gasteiger partial charge in [0.1, 0.15) is 0 Å². The third-order valence-corrected chi connectivity index (χ3v) is 5.26. The van der Waals surface area contributed by atoms with Gasteiger partial charge in [-0.05, 0) is 49.9 Å². The maximum Gasteiger partial charge on any atom is 0.227 e. The van der Waals surface area contributed by atoms with Gasteiger partial charge in [-0.2, -0.15) is 0 Å². The van der Waals surface area contributed by atoms with Crippen molar-refractivity contribution in [2.24, 2.45) is 0 Å². The molecule has 2 aliphatic heterocycles. The first-order valence-corrected chi connectivity index (χ1v) is 8.37. The van der Waals surface area contributed by atoms with Crippen LogP contribution in [0.15, 0.2) is 18.2 Å². The number of hydrogen-bond acceptors (Lipinski definition) is 2. The SMILES string of the molecule is O=C(Cc1ccc(Cl)c(Cl)c1)N1CCCC1C1CCCN1. The standard InChI is InChI=1S/C16H20Cl2N2O/c17-12-6-5-11(9-13(12)18)10-16(21)20-8-2-4-15(20)14-3-1-7-19-14/h5-6,9,14-15,19H,1-4,7-8,10H2. The maximum atomic E-state index is 12.6. The Bertz CT molecular complexity index is 529. The largest absolute Gasteiger partial charge is 0.338 e. The van der Waals surface area contributed by atoms with E-state index in [1.165, 1.54) is 12.8 Å². The fourth-order valence-corrected chi connectivity index (χ4v) is 3.81. The molecule has 2 unspecified atom stereocenters. The summed E-state index contributed by atoms with van der Waals surface area (Å²) in [5, 5.41) is 4.57. The van der Waals surface area contributed by atoms with Crippen LogP contribution in [-0.4, -0.2) is 36.0 Å². The fraction of sp³-hybridized carbons (Fsp3) is 0.562. The number of halogens is 2. The van der Waals surface area contributed by atoms with Gasteiger partial charge in [0.05, 0.1) is 16.5 Å². The van der Waals surface area contributed by atoms with Gasteiger partial charge in [-0.25, -0.2) is 0 Å². The van der Waals surface area contributed by atoms with E-state index in [1.807, 2.05) is 6.07 Å². The summed E-state index contributed by atoms with van der Waals surface area (Å²) in [6, 6.07) is 6.27. The smallest absolute Gasteiger partial charge is 0.227 e. The second kappa shape index (κ2) is 6.55. The highest BCUT2D eigenvalue weighted by molar-refractivity contribution is 6.42. The average molecular weight is 327 g/mol. The van der Waals surface area contributed by atoms with E-state index in [1.54, 1.807) is 12.1 Å². The molecular weight excluding hydrogens is 307 g/mol. The molecule has 2 atom stereocenters. The Morgan fingerprint density at radius 1 is 1.24 bits per heavy atom. The summed E-state index contributed by atoms with van der Waals surface area (Å²) in [7, 11) is 0. The van der Waals surface area contributed by atoms with Gasteiger partial charge in [-0.15, -0.1) is 0 Å². The number of benzene rings is 1. The minimum absolute atomic E-state index is 0.199. The van der Waals surface area contributed by atoms with Crippen LogP contribution < -0.4 is 5.32 Å². The molecule has 0 bridgehead atoms. The predicted molar refractivity (Wildman–Crippen MR) is 85.9 cm³/mol. The van der Waals surface area contributed by atoms with Crippen LogP contribution in [0.25, 0.3) is 0 Å². The molecule has 21 heavy (non-hydrogen) atoms. The van der Waals surface area contributed by atoms with Gasteiger partial charge in [0.25, 0.3) is 0 Å². The van der Waals surface area contributed by atoms with Gasteiger partial charge < -0.3 is 10.2 Å². The van der Waals surface area contributed by atoms with Crippen molar-refractivity contribution >= 4 is 29.1 Å². The van der Waals surface area contributed by atoms with Crippen molar-refractivity contribution in [1.82, 2.24) is 10.2 Å². The first-order chi connectivity index (χ1) is 10.1. The number of carbonyl (C=O) groups is 1. The molecular formula is C16H20Cl2N2O. The minimum atomic E-state index is 0.199. The molecule has 1 aromatic carbocycles. The third kappa shape index (κ3) is 3.36. The van der Waals surface area contributed by atoms with Crippen molar-refractivity contribution in [3.63, 3.8) is 0 Å². The quantitative estimate of drug-likeness (QED) is 0.924. The monoisotopic (exact) mass is 326 g/mol. The lowest BCUT2D eigenvalue weighted by Gasteiger charge is -2.29. The predicted octanol–water partition coefficient (Wildman–Crippen LogP) is 3.28. The molecule has 2 heterocycles. The number of carbonyl (C=O) groups excluding carboxylic acids is 1. The van der Waals surface area contributed by atoms with Crippen LogP contribution in [0.3, 0.4) is 0 Å². The Balaban J connectivity index is 1.67. The Morgan fingerprint density at radius 3 is 2.81 bits per heavy atom. The van der Waals surface area contributed by atoms with Crippen LogP contribution >= 0.6 is 23.2 Å². The molecule has 5 heteroatoms. The molecule has 1 amide bonds. The minimum Gasteiger partial charge on any atom is -0.338 e. The lowest BCUT2D eigenvalue weighted by Crippen LogP contribution is -2.47. The lowest BCUT2D eigenvalue weighted by molar-refractivity contribution is -0.131. The van der Waals surface area contributed by atoms with E-state index in [0.717, 1.165) is 31.5 Å². The topological polar surface area (TPSA) is 32.3 Å². The summed E-state index contributed by atoms with van der Waals surface area (Å²) in [5.41, 5.74) is 0.930. The summed E-state index contributed by atoms with van der Waals surface area (Å²) in [4.78, 5) is 14.7. The van der Waals surface area contributed by atoms with Crippen molar-refractivity contribution in [3.8, 4) is 0 Å². The maximum absolute atomic E-state index is 12.6. The Kier molecular flexibility index (Phi) is 4.72. The zero-order valence-electron chi connectivity index (χ0n) is 11.9. The molecule has 3 nitrogen and oxygen atoms in total. The molecule has 114 valence electrons. The van der Waals surface area contributed by atoms with E-state index in [9.17, 15) is 4.79 Å². The van der Waals surface area contributed by atoms with Crippen LogP contribution in [0.1, 0.15) is 31.2 Å². The fourth-order valence-electron chi connectivity index (χ4n) is 3.49. The van der Waals surface area contributed by atoms with Gasteiger partial charge in [-0.3, -0.25) is 4.79 Å². The molecule has 0 aromatic heterocycles. The average Bonchev–Trinajstić information content (AvgIpc) is 3.12. The zero-order chi connectivity index (χ0) is 14.8. The first-order valence-electron chi connectivity index (χ1n) is 7.62. The van der Waals surface area contributed by atoms with Crippen LogP contribution in [0.5, 0.6) is 0 Å². The van der Waals surface area contributed by atoms with Crippen molar-refractivity contribution in [2.75, 3.05) is 13.1 Å². The van der Waals surface area contributed by atoms with Gasteiger partial charge in [0.2, 0.25) is 5.91 Å². The van der Waals surface area contributed by atoms with Crippen LogP contribution in [0.4, 0.5) is 0 Å². The summed E-state index contributed by atoms with van der Waals surface area (Å²) >= 11 is 11.9. The number of hydrogen-bond donors (Lipinski definition) is 1. The van der Waals surface area contributed by atoms with Gasteiger partial charge in [0.15, 0.2) is 0 Å². The number of nitrogens with zero attached hydrogens (tertiary/aromatic N) is 1. The third-order valence-electron chi connectivity index (χ3n) is 4.52. The number of rotatable bonds is 3. The van der Waals surface area contributed by atoms with Crippen LogP contribution in [0, 0.1) is 0 Å². The molecule has 0 spiro atoms. The Labute approximate surface area is 135 Å². The van der Waals surface area contributed by atoms with E-state index in [2.05, 4.69) is 10.2 Å². The Morgan fingerprint density at radius 2 is 2.10 bits per heavy atom. The molecule has 3 rings (SSSR count). The molecule has 2 aliphatic rings. The molecule has 2 saturated heterocycles. The molecule has 0 radical (unpaired) electrons. The van der Waals surface area contributed by atoms with E-state index < -0.39 is 0 Å². The summed E-state index contributed by atoms with van der Waals surface area (Å²) in [6.45, 7) is 1.96. The lowest BCUT2D eigenvalue weighted by atomic mass is 10.0. The van der Waals surface area contributed by atoms with Crippen molar-refractivity contribution in [2.45, 2.75) is 44.2 Å². The first kappa shape index (κ1) is 15.1. The van der Waals surface area contributed by atoms with Gasteiger partial charge >= 0.3 is 0 Å². The molecule has 0 saturated carbocycles. The molecule has 0 aliphatic carbocycles. The van der Waals surface area contributed by atoms with E-state index in [4.69, 9.17) is 23.2 Å². The second-order valence-corrected chi connectivity index (χ2v) is 6.74. The van der Waals surface area contributed by atoms with Crippen molar-refractivity contribution < 1.29 is 4.79 Å². The van der Waals surface area contributed by atoms with E-state index in [-0.39, 0.29) is 5.91 Å². The highest BCUT2D eigenvalue weighted by Gasteiger charge is 2.35. The highest BCUT2D eigenvalue weighted by Crippen LogP contribution is 2.27. The summed E-state index contributed by atoms with van der Waals surface area (Å²) in [6.07, 6.45) is 5.03. The van der Waals surface area contributed by atoms with Crippen LogP contribution in [0.2, 0.25) is 10.0 Å². The van der Waals surface area contributed by atoms with Crippen molar-refractivity contribution in [1.29, 1.82) is 0 Å². The zero-order valence-corrected chi connectivity index (χ0v) is 13.5. The van der Waals surface area contributed by atoms with E-state index in [0.29, 0.717) is 28.5 Å².